The van der Waals surface area contributed by atoms with Crippen LogP contribution in [0.3, 0.4) is 0 Å². The highest BCUT2D eigenvalue weighted by atomic mass is 35.5. The first kappa shape index (κ1) is 30.2. The Morgan fingerprint density at radius 1 is 1.31 bits per heavy atom. The number of carbonyl (C=O) groups excluding carboxylic acids is 2. The van der Waals surface area contributed by atoms with E-state index in [4.69, 9.17) is 21.1 Å². The first-order chi connectivity index (χ1) is 17.5. The highest BCUT2D eigenvalue weighted by molar-refractivity contribution is 6.30. The molecule has 0 aliphatic carbocycles. The van der Waals surface area contributed by atoms with Crippen molar-refractivity contribution < 1.29 is 23.8 Å². The zero-order valence-corrected chi connectivity index (χ0v) is 22.6. The van der Waals surface area contributed by atoms with Crippen molar-refractivity contribution in [1.82, 2.24) is 20.9 Å². The lowest BCUT2D eigenvalue weighted by Gasteiger charge is -2.30. The third-order valence-electron chi connectivity index (χ3n) is 6.19. The fraction of sp³-hybridized carbons (Fsp3) is 0.692. The minimum Gasteiger partial charge on any atom is -0.453 e. The number of ether oxygens (including phenoxy) is 3. The van der Waals surface area contributed by atoms with Gasteiger partial charge in [-0.15, -0.1) is 0 Å². The Balaban J connectivity index is 1.99. The van der Waals surface area contributed by atoms with Gasteiger partial charge in [0.1, 0.15) is 0 Å². The normalized spacial score (nSPS) is 17.2. The topological polar surface area (TPSA) is 101 Å². The molecule has 3 N–H and O–H groups in total. The van der Waals surface area contributed by atoms with Crippen LogP contribution < -0.4 is 16.0 Å². The summed E-state index contributed by atoms with van der Waals surface area (Å²) in [4.78, 5) is 26.4. The quantitative estimate of drug-likeness (QED) is 0.299. The largest absolute Gasteiger partial charge is 0.453 e. The lowest BCUT2D eigenvalue weighted by Crippen LogP contribution is -2.49. The molecule has 1 aromatic rings. The lowest BCUT2D eigenvalue weighted by atomic mass is 9.94. The molecule has 9 nitrogen and oxygen atoms in total. The second kappa shape index (κ2) is 17.4. The van der Waals surface area contributed by atoms with Gasteiger partial charge in [-0.2, -0.15) is 0 Å². The van der Waals surface area contributed by atoms with Crippen molar-refractivity contribution in [2.24, 2.45) is 5.92 Å². The maximum Gasteiger partial charge on any atom is 0.406 e. The first-order valence-electron chi connectivity index (χ1n) is 12.9. The number of urea groups is 1. The number of amides is 3. The van der Waals surface area contributed by atoms with Crippen molar-refractivity contribution in [2.75, 3.05) is 60.2 Å². The van der Waals surface area contributed by atoms with Gasteiger partial charge in [0, 0.05) is 50.5 Å². The zero-order valence-electron chi connectivity index (χ0n) is 21.9. The predicted octanol–water partition coefficient (Wildman–Crippen LogP) is 3.97. The summed E-state index contributed by atoms with van der Waals surface area (Å²) in [6, 6.07) is 7.51. The second-order valence-corrected chi connectivity index (χ2v) is 9.57. The monoisotopic (exact) mass is 526 g/mol. The van der Waals surface area contributed by atoms with Crippen molar-refractivity contribution in [3.05, 3.63) is 34.9 Å². The van der Waals surface area contributed by atoms with Gasteiger partial charge < -0.3 is 35.1 Å². The molecule has 1 saturated heterocycles. The van der Waals surface area contributed by atoms with Gasteiger partial charge in [0.25, 0.3) is 0 Å². The molecule has 2 rings (SSSR count). The number of likely N-dealkylation sites (N-methyl/N-ethyl adjacent to an activating group) is 1. The number of halogens is 1. The number of benzene rings is 1. The van der Waals surface area contributed by atoms with E-state index in [9.17, 15) is 9.59 Å². The Hall–Kier alpha value is -2.07. The number of hydrogen-bond donors (Lipinski definition) is 3. The van der Waals surface area contributed by atoms with E-state index in [1.165, 1.54) is 7.11 Å². The number of methoxy groups -OCH3 is 1. The standard InChI is InChI=1S/C26H43ClN4O5/c1-4-12-31(25(32)30-23(18-28-2)16-20-7-6-14-35-19-20)13-10-24(21-8-5-9-22(27)17-21)36-15-11-29-26(33)34-3/h5,8-9,17,20,23-24,28H,4,6-7,10-16,18-19H2,1-3H3,(H,29,33)(H,30,32)/t20-,23+,24-/m1/s1. The minimum absolute atomic E-state index is 0.0397. The van der Waals surface area contributed by atoms with E-state index in [0.29, 0.717) is 50.1 Å². The average Bonchev–Trinajstić information content (AvgIpc) is 2.88. The van der Waals surface area contributed by atoms with Gasteiger partial charge in [-0.25, -0.2) is 9.59 Å². The summed E-state index contributed by atoms with van der Waals surface area (Å²) in [5.41, 5.74) is 0.933. The molecule has 1 fully saturated rings. The Morgan fingerprint density at radius 2 is 2.14 bits per heavy atom. The van der Waals surface area contributed by atoms with Crippen molar-refractivity contribution in [2.45, 2.75) is 51.2 Å². The maximum atomic E-state index is 13.3. The number of nitrogens with zero attached hydrogens (tertiary/aromatic N) is 1. The minimum atomic E-state index is -0.500. The van der Waals surface area contributed by atoms with Crippen LogP contribution in [-0.2, 0) is 14.2 Å². The van der Waals surface area contributed by atoms with Crippen LogP contribution in [0.4, 0.5) is 9.59 Å². The van der Waals surface area contributed by atoms with Crippen LogP contribution in [0.2, 0.25) is 5.02 Å². The highest BCUT2D eigenvalue weighted by Gasteiger charge is 2.23. The molecule has 10 heteroatoms. The molecule has 0 bridgehead atoms. The predicted molar refractivity (Wildman–Crippen MR) is 141 cm³/mol. The first-order valence-corrected chi connectivity index (χ1v) is 13.3. The smallest absolute Gasteiger partial charge is 0.406 e. The van der Waals surface area contributed by atoms with Gasteiger partial charge in [-0.05, 0) is 62.8 Å². The summed E-state index contributed by atoms with van der Waals surface area (Å²) < 4.78 is 16.3. The summed E-state index contributed by atoms with van der Waals surface area (Å²) >= 11 is 6.22. The number of nitrogens with one attached hydrogen (secondary N) is 3. The molecule has 36 heavy (non-hydrogen) atoms. The molecule has 1 aliphatic heterocycles. The van der Waals surface area contributed by atoms with E-state index in [0.717, 1.165) is 44.5 Å². The van der Waals surface area contributed by atoms with Gasteiger partial charge in [-0.1, -0.05) is 30.7 Å². The Bertz CT molecular complexity index is 778. The van der Waals surface area contributed by atoms with Gasteiger partial charge in [0.2, 0.25) is 0 Å². The third-order valence-corrected chi connectivity index (χ3v) is 6.42. The molecule has 3 amide bonds. The molecule has 0 unspecified atom stereocenters. The summed E-state index contributed by atoms with van der Waals surface area (Å²) in [5, 5.41) is 9.69. The average molecular weight is 527 g/mol. The van der Waals surface area contributed by atoms with Crippen molar-refractivity contribution in [3.63, 3.8) is 0 Å². The lowest BCUT2D eigenvalue weighted by molar-refractivity contribution is 0.0418. The number of alkyl carbamates (subject to hydrolysis) is 1. The molecule has 204 valence electrons. The van der Waals surface area contributed by atoms with Crippen molar-refractivity contribution in [1.29, 1.82) is 0 Å². The van der Waals surface area contributed by atoms with E-state index < -0.39 is 6.09 Å². The molecular formula is C26H43ClN4O5. The maximum absolute atomic E-state index is 13.3. The summed E-state index contributed by atoms with van der Waals surface area (Å²) in [5.74, 6) is 0.469. The molecule has 1 aromatic carbocycles. The van der Waals surface area contributed by atoms with Crippen LogP contribution in [-0.4, -0.2) is 83.2 Å². The fourth-order valence-electron chi connectivity index (χ4n) is 4.44. The van der Waals surface area contributed by atoms with E-state index in [2.05, 4.69) is 27.6 Å². The molecular weight excluding hydrogens is 484 g/mol. The third kappa shape index (κ3) is 11.3. The molecule has 0 spiro atoms. The SMILES string of the molecule is CCCN(CC[C@@H](OCCNC(=O)OC)c1cccc(Cl)c1)C(=O)N[C@H](CNC)C[C@H]1CCCOC1. The van der Waals surface area contributed by atoms with Gasteiger partial charge in [0.15, 0.2) is 0 Å². The number of rotatable bonds is 15. The van der Waals surface area contributed by atoms with Gasteiger partial charge in [0.05, 0.1) is 19.8 Å². The molecule has 1 aliphatic rings. The molecule has 3 atom stereocenters. The van der Waals surface area contributed by atoms with E-state index in [1.54, 1.807) is 0 Å². The number of hydrogen-bond acceptors (Lipinski definition) is 6. The van der Waals surface area contributed by atoms with Crippen LogP contribution in [0.25, 0.3) is 0 Å². The molecule has 0 radical (unpaired) electrons. The van der Waals surface area contributed by atoms with Crippen LogP contribution in [0.5, 0.6) is 0 Å². The summed E-state index contributed by atoms with van der Waals surface area (Å²) in [7, 11) is 3.23. The molecule has 0 saturated carbocycles. The highest BCUT2D eigenvalue weighted by Crippen LogP contribution is 2.25. The number of carbonyl (C=O) groups is 2. The van der Waals surface area contributed by atoms with E-state index >= 15 is 0 Å². The summed E-state index contributed by atoms with van der Waals surface area (Å²) in [6.07, 6.45) is 3.78. The van der Waals surface area contributed by atoms with Crippen LogP contribution >= 0.6 is 11.6 Å². The molecule has 1 heterocycles. The molecule has 0 aromatic heterocycles. The van der Waals surface area contributed by atoms with Crippen LogP contribution in [0.15, 0.2) is 24.3 Å². The van der Waals surface area contributed by atoms with Gasteiger partial charge in [-0.3, -0.25) is 0 Å². The van der Waals surface area contributed by atoms with Crippen LogP contribution in [0.1, 0.15) is 50.7 Å². The van der Waals surface area contributed by atoms with Crippen molar-refractivity contribution in [3.8, 4) is 0 Å². The van der Waals surface area contributed by atoms with Crippen molar-refractivity contribution >= 4 is 23.7 Å². The second-order valence-electron chi connectivity index (χ2n) is 9.13. The van der Waals surface area contributed by atoms with Gasteiger partial charge >= 0.3 is 12.1 Å². The zero-order chi connectivity index (χ0) is 26.2. The Morgan fingerprint density at radius 3 is 2.81 bits per heavy atom. The van der Waals surface area contributed by atoms with E-state index in [-0.39, 0.29) is 18.2 Å². The fourth-order valence-corrected chi connectivity index (χ4v) is 4.64. The Labute approximate surface area is 220 Å². The van der Waals surface area contributed by atoms with Crippen LogP contribution in [0, 0.1) is 5.92 Å². The van der Waals surface area contributed by atoms with E-state index in [1.807, 2.05) is 36.2 Å². The summed E-state index contributed by atoms with van der Waals surface area (Å²) in [6.45, 7) is 6.17. The Kier molecular flexibility index (Phi) is 14.6.